The average molecular weight is 349 g/mol. The van der Waals surface area contributed by atoms with E-state index in [4.69, 9.17) is 9.84 Å². The van der Waals surface area contributed by atoms with Crippen LogP contribution in [0, 0.1) is 5.92 Å². The molecule has 1 aliphatic rings. The zero-order valence-corrected chi connectivity index (χ0v) is 14.1. The number of benzene rings is 1. The molecule has 0 aromatic heterocycles. The van der Waals surface area contributed by atoms with E-state index < -0.39 is 12.1 Å². The molecule has 1 heterocycles. The van der Waals surface area contributed by atoms with Crippen molar-refractivity contribution < 1.29 is 24.2 Å². The number of ether oxygens (including phenoxy) is 1. The average Bonchev–Trinajstić information content (AvgIpc) is 2.62. The lowest BCUT2D eigenvalue weighted by Gasteiger charge is -2.32. The van der Waals surface area contributed by atoms with Gasteiger partial charge in [-0.1, -0.05) is 18.2 Å². The summed E-state index contributed by atoms with van der Waals surface area (Å²) in [4.78, 5) is 37.1. The molecule has 1 aliphatic heterocycles. The predicted octanol–water partition coefficient (Wildman–Crippen LogP) is 1.15. The number of carbonyl (C=O) groups is 3. The van der Waals surface area contributed by atoms with E-state index in [1.54, 1.807) is 17.0 Å². The molecule has 2 unspecified atom stereocenters. The summed E-state index contributed by atoms with van der Waals surface area (Å²) < 4.78 is 4.79. The first-order valence-electron chi connectivity index (χ1n) is 8.15. The third-order valence-electron chi connectivity index (χ3n) is 4.13. The molecular formula is C17H23N3O5. The molecule has 8 heteroatoms. The minimum absolute atomic E-state index is 0.0998. The lowest BCUT2D eigenvalue weighted by molar-refractivity contribution is -0.148. The van der Waals surface area contributed by atoms with E-state index in [-0.39, 0.29) is 24.4 Å². The first-order valence-corrected chi connectivity index (χ1v) is 8.15. The zero-order valence-electron chi connectivity index (χ0n) is 14.1. The van der Waals surface area contributed by atoms with Crippen LogP contribution < -0.4 is 10.6 Å². The predicted molar refractivity (Wildman–Crippen MR) is 91.2 cm³/mol. The maximum atomic E-state index is 12.3. The van der Waals surface area contributed by atoms with Crippen molar-refractivity contribution in [2.24, 2.45) is 5.92 Å². The fraction of sp³-hybridized carbons (Fsp3) is 0.471. The second-order valence-corrected chi connectivity index (χ2v) is 5.89. The Morgan fingerprint density at radius 1 is 1.32 bits per heavy atom. The number of rotatable bonds is 6. The van der Waals surface area contributed by atoms with Crippen molar-refractivity contribution in [1.82, 2.24) is 10.2 Å². The lowest BCUT2D eigenvalue weighted by Crippen LogP contribution is -2.48. The number of methoxy groups -OCH3 is 1. The fourth-order valence-electron chi connectivity index (χ4n) is 2.71. The Kier molecular flexibility index (Phi) is 6.76. The number of urea groups is 1. The van der Waals surface area contributed by atoms with E-state index in [2.05, 4.69) is 10.6 Å². The van der Waals surface area contributed by atoms with Crippen molar-refractivity contribution in [3.63, 3.8) is 0 Å². The summed E-state index contributed by atoms with van der Waals surface area (Å²) in [6.45, 7) is 0.783. The van der Waals surface area contributed by atoms with Crippen LogP contribution in [0.25, 0.3) is 0 Å². The molecule has 2 atom stereocenters. The van der Waals surface area contributed by atoms with Gasteiger partial charge in [-0.25, -0.2) is 9.59 Å². The summed E-state index contributed by atoms with van der Waals surface area (Å²) in [5.74, 6) is -1.75. The number of carboxylic acid groups (broad SMARTS) is 1. The molecule has 3 amide bonds. The van der Waals surface area contributed by atoms with Crippen molar-refractivity contribution >= 4 is 23.6 Å². The number of carbonyl (C=O) groups excluding carboxylic acids is 2. The monoisotopic (exact) mass is 349 g/mol. The second-order valence-electron chi connectivity index (χ2n) is 5.89. The Bertz CT molecular complexity index is 608. The van der Waals surface area contributed by atoms with Gasteiger partial charge in [0.2, 0.25) is 5.91 Å². The summed E-state index contributed by atoms with van der Waals surface area (Å²) in [6.07, 6.45) is 0.295. The Labute approximate surface area is 146 Å². The van der Waals surface area contributed by atoms with Crippen molar-refractivity contribution in [2.45, 2.75) is 18.9 Å². The van der Waals surface area contributed by atoms with E-state index in [0.29, 0.717) is 31.6 Å². The molecule has 136 valence electrons. The summed E-state index contributed by atoms with van der Waals surface area (Å²) in [5.41, 5.74) is 0.698. The van der Waals surface area contributed by atoms with Crippen LogP contribution in [0.3, 0.4) is 0 Å². The third kappa shape index (κ3) is 5.46. The van der Waals surface area contributed by atoms with E-state index in [9.17, 15) is 14.4 Å². The van der Waals surface area contributed by atoms with Crippen LogP contribution in [0.4, 0.5) is 10.5 Å². The van der Waals surface area contributed by atoms with Gasteiger partial charge < -0.3 is 25.4 Å². The van der Waals surface area contributed by atoms with Crippen LogP contribution in [0.1, 0.15) is 12.8 Å². The molecule has 0 saturated carbocycles. The van der Waals surface area contributed by atoms with E-state index in [1.807, 2.05) is 18.2 Å². The highest BCUT2D eigenvalue weighted by Crippen LogP contribution is 2.18. The van der Waals surface area contributed by atoms with Gasteiger partial charge in [0, 0.05) is 25.9 Å². The SMILES string of the molecule is COC(CNC(=O)C1CCCN(C(=O)Nc2ccccc2)C1)C(=O)O. The van der Waals surface area contributed by atoms with Gasteiger partial charge in [0.15, 0.2) is 6.10 Å². The number of likely N-dealkylation sites (tertiary alicyclic amines) is 1. The maximum absolute atomic E-state index is 12.3. The molecule has 0 aliphatic carbocycles. The molecular weight excluding hydrogens is 326 g/mol. The summed E-state index contributed by atoms with van der Waals surface area (Å²) >= 11 is 0. The third-order valence-corrected chi connectivity index (χ3v) is 4.13. The van der Waals surface area contributed by atoms with Gasteiger partial charge in [0.1, 0.15) is 0 Å². The highest BCUT2D eigenvalue weighted by atomic mass is 16.5. The minimum atomic E-state index is -1.13. The molecule has 0 radical (unpaired) electrons. The Morgan fingerprint density at radius 3 is 2.68 bits per heavy atom. The van der Waals surface area contributed by atoms with Crippen LogP contribution >= 0.6 is 0 Å². The van der Waals surface area contributed by atoms with Crippen LogP contribution in [0.5, 0.6) is 0 Å². The Hall–Kier alpha value is -2.61. The largest absolute Gasteiger partial charge is 0.479 e. The standard InChI is InChI=1S/C17H23N3O5/c1-25-14(16(22)23)10-18-15(21)12-6-5-9-20(11-12)17(24)19-13-7-3-2-4-8-13/h2-4,7-8,12,14H,5-6,9-11H2,1H3,(H,18,21)(H,19,24)(H,22,23). The number of amides is 3. The van der Waals surface area contributed by atoms with Crippen LogP contribution in [0.15, 0.2) is 30.3 Å². The van der Waals surface area contributed by atoms with Gasteiger partial charge >= 0.3 is 12.0 Å². The van der Waals surface area contributed by atoms with E-state index >= 15 is 0 Å². The number of nitrogens with zero attached hydrogens (tertiary/aromatic N) is 1. The van der Waals surface area contributed by atoms with Crippen molar-refractivity contribution in [2.75, 3.05) is 32.1 Å². The molecule has 2 rings (SSSR count). The first-order chi connectivity index (χ1) is 12.0. The highest BCUT2D eigenvalue weighted by molar-refractivity contribution is 5.90. The lowest BCUT2D eigenvalue weighted by atomic mass is 9.97. The minimum Gasteiger partial charge on any atom is -0.479 e. The molecule has 3 N–H and O–H groups in total. The van der Waals surface area contributed by atoms with Crippen LogP contribution in [-0.2, 0) is 14.3 Å². The van der Waals surface area contributed by atoms with Crippen LogP contribution in [-0.4, -0.2) is 60.8 Å². The summed E-state index contributed by atoms with van der Waals surface area (Å²) in [6, 6.07) is 8.87. The molecule has 1 saturated heterocycles. The van der Waals surface area contributed by atoms with Gasteiger partial charge in [0.25, 0.3) is 0 Å². The van der Waals surface area contributed by atoms with E-state index in [0.717, 1.165) is 0 Å². The number of aliphatic carboxylic acids is 1. The van der Waals surface area contributed by atoms with Crippen molar-refractivity contribution in [3.05, 3.63) is 30.3 Å². The van der Waals surface area contributed by atoms with Gasteiger partial charge in [-0.3, -0.25) is 4.79 Å². The van der Waals surface area contributed by atoms with E-state index in [1.165, 1.54) is 7.11 Å². The second kappa shape index (κ2) is 9.03. The summed E-state index contributed by atoms with van der Waals surface area (Å²) in [5, 5.41) is 14.3. The van der Waals surface area contributed by atoms with Crippen LogP contribution in [0.2, 0.25) is 0 Å². The van der Waals surface area contributed by atoms with Crippen molar-refractivity contribution in [1.29, 1.82) is 0 Å². The number of nitrogens with one attached hydrogen (secondary N) is 2. The molecule has 1 fully saturated rings. The number of piperidine rings is 1. The number of hydrogen-bond acceptors (Lipinski definition) is 4. The molecule has 8 nitrogen and oxygen atoms in total. The first kappa shape index (κ1) is 18.7. The number of hydrogen-bond donors (Lipinski definition) is 3. The van der Waals surface area contributed by atoms with Gasteiger partial charge in [-0.2, -0.15) is 0 Å². The van der Waals surface area contributed by atoms with Crippen molar-refractivity contribution in [3.8, 4) is 0 Å². The molecule has 1 aromatic carbocycles. The van der Waals surface area contributed by atoms with Gasteiger partial charge in [0.05, 0.1) is 12.5 Å². The number of anilines is 1. The summed E-state index contributed by atoms with van der Waals surface area (Å²) in [7, 11) is 1.28. The Morgan fingerprint density at radius 2 is 2.04 bits per heavy atom. The molecule has 25 heavy (non-hydrogen) atoms. The quantitative estimate of drug-likeness (QED) is 0.714. The number of carboxylic acids is 1. The molecule has 0 bridgehead atoms. The topological polar surface area (TPSA) is 108 Å². The number of para-hydroxylation sites is 1. The molecule has 0 spiro atoms. The Balaban J connectivity index is 1.86. The maximum Gasteiger partial charge on any atom is 0.334 e. The van der Waals surface area contributed by atoms with Gasteiger partial charge in [-0.05, 0) is 25.0 Å². The zero-order chi connectivity index (χ0) is 18.2. The van der Waals surface area contributed by atoms with Gasteiger partial charge in [-0.15, -0.1) is 0 Å². The fourth-order valence-corrected chi connectivity index (χ4v) is 2.71. The smallest absolute Gasteiger partial charge is 0.334 e. The molecule has 1 aromatic rings. The highest BCUT2D eigenvalue weighted by Gasteiger charge is 2.29. The normalized spacial score (nSPS) is 18.3.